The highest BCUT2D eigenvalue weighted by Gasteiger charge is 2.16. The van der Waals surface area contributed by atoms with Crippen LogP contribution in [0.2, 0.25) is 0 Å². The molecule has 0 saturated heterocycles. The number of rotatable bonds is 9. The van der Waals surface area contributed by atoms with E-state index in [1.165, 1.54) is 0 Å². The number of pyridine rings is 1. The first-order valence-electron chi connectivity index (χ1n) is 7.06. The van der Waals surface area contributed by atoms with Crippen molar-refractivity contribution in [2.75, 3.05) is 43.1 Å². The van der Waals surface area contributed by atoms with Crippen molar-refractivity contribution in [1.29, 1.82) is 0 Å². The molecule has 0 amide bonds. The summed E-state index contributed by atoms with van der Waals surface area (Å²) in [6.45, 7) is 8.56. The lowest BCUT2D eigenvalue weighted by molar-refractivity contribution is 0.154. The van der Waals surface area contributed by atoms with Gasteiger partial charge in [0.15, 0.2) is 23.3 Å². The van der Waals surface area contributed by atoms with Crippen molar-refractivity contribution >= 4 is 11.6 Å². The zero-order valence-electron chi connectivity index (χ0n) is 12.4. The first-order chi connectivity index (χ1) is 9.63. The summed E-state index contributed by atoms with van der Waals surface area (Å²) in [5.41, 5.74) is 0. The van der Waals surface area contributed by atoms with Crippen molar-refractivity contribution in [3.8, 4) is 0 Å². The third-order valence-corrected chi connectivity index (χ3v) is 2.84. The lowest BCUT2D eigenvalue weighted by Crippen LogP contribution is -2.29. The summed E-state index contributed by atoms with van der Waals surface area (Å²) in [7, 11) is 0. The van der Waals surface area contributed by atoms with Crippen molar-refractivity contribution in [3.63, 3.8) is 0 Å². The van der Waals surface area contributed by atoms with E-state index in [1.807, 2.05) is 20.8 Å². The number of likely N-dealkylation sites (N-methyl/N-ethyl adjacent to an activating group) is 1. The van der Waals surface area contributed by atoms with Crippen molar-refractivity contribution in [2.24, 2.45) is 0 Å². The molecule has 6 heteroatoms. The summed E-state index contributed by atoms with van der Waals surface area (Å²) in [5, 5.41) is 2.87. The van der Waals surface area contributed by atoms with Gasteiger partial charge in [-0.3, -0.25) is 0 Å². The molecule has 4 nitrogen and oxygen atoms in total. The summed E-state index contributed by atoms with van der Waals surface area (Å²) >= 11 is 0. The number of anilines is 2. The Kier molecular flexibility index (Phi) is 7.22. The van der Waals surface area contributed by atoms with E-state index in [0.717, 1.165) is 12.5 Å². The Labute approximate surface area is 119 Å². The maximum Gasteiger partial charge on any atom is 0.168 e. The Morgan fingerprint density at radius 2 is 2.00 bits per heavy atom. The fourth-order valence-corrected chi connectivity index (χ4v) is 1.78. The van der Waals surface area contributed by atoms with E-state index in [4.69, 9.17) is 4.74 Å². The van der Waals surface area contributed by atoms with Gasteiger partial charge in [0.05, 0.1) is 6.61 Å². The number of halogens is 2. The molecular weight excluding hydrogens is 264 g/mol. The Hall–Kier alpha value is -1.43. The quantitative estimate of drug-likeness (QED) is 0.708. The maximum atomic E-state index is 13.9. The Morgan fingerprint density at radius 1 is 1.25 bits per heavy atom. The molecule has 0 saturated carbocycles. The fraction of sp³-hybridized carbons (Fsp3) is 0.643. The summed E-state index contributed by atoms with van der Waals surface area (Å²) in [5.74, 6) is -1.06. The minimum atomic E-state index is -0.666. The molecule has 0 aromatic carbocycles. The number of hydrogen-bond donors (Lipinski definition) is 1. The molecule has 0 radical (unpaired) electrons. The van der Waals surface area contributed by atoms with E-state index in [2.05, 4.69) is 10.3 Å². The van der Waals surface area contributed by atoms with Crippen molar-refractivity contribution in [3.05, 3.63) is 17.7 Å². The largest absolute Gasteiger partial charge is 0.380 e. The van der Waals surface area contributed by atoms with Gasteiger partial charge in [-0.1, -0.05) is 6.92 Å². The minimum absolute atomic E-state index is 0.0955. The fourth-order valence-electron chi connectivity index (χ4n) is 1.78. The summed E-state index contributed by atoms with van der Waals surface area (Å²) < 4.78 is 32.8. The number of nitrogens with one attached hydrogen (secondary N) is 1. The number of ether oxygens (including phenoxy) is 1. The highest BCUT2D eigenvalue weighted by Crippen LogP contribution is 2.22. The van der Waals surface area contributed by atoms with Crippen LogP contribution < -0.4 is 10.2 Å². The third kappa shape index (κ3) is 4.59. The van der Waals surface area contributed by atoms with Crippen molar-refractivity contribution in [1.82, 2.24) is 4.98 Å². The van der Waals surface area contributed by atoms with Crippen LogP contribution in [0.15, 0.2) is 6.07 Å². The van der Waals surface area contributed by atoms with Gasteiger partial charge in [0.2, 0.25) is 0 Å². The van der Waals surface area contributed by atoms with E-state index in [1.54, 1.807) is 4.90 Å². The molecule has 1 heterocycles. The Morgan fingerprint density at radius 3 is 2.60 bits per heavy atom. The molecule has 0 atom stereocenters. The molecule has 20 heavy (non-hydrogen) atoms. The maximum absolute atomic E-state index is 13.9. The third-order valence-electron chi connectivity index (χ3n) is 2.84. The van der Waals surface area contributed by atoms with Crippen LogP contribution in [0, 0.1) is 11.6 Å². The number of aromatic nitrogens is 1. The topological polar surface area (TPSA) is 37.4 Å². The monoisotopic (exact) mass is 287 g/mol. The molecule has 0 unspecified atom stereocenters. The molecule has 1 N–H and O–H groups in total. The average Bonchev–Trinajstić information content (AvgIpc) is 2.43. The van der Waals surface area contributed by atoms with Gasteiger partial charge in [-0.2, -0.15) is 0 Å². The van der Waals surface area contributed by atoms with Gasteiger partial charge in [-0.05, 0) is 20.3 Å². The van der Waals surface area contributed by atoms with E-state index in [9.17, 15) is 8.78 Å². The molecule has 1 aromatic heterocycles. The molecule has 1 aromatic rings. The predicted octanol–water partition coefficient (Wildman–Crippen LogP) is 3.04. The lowest BCUT2D eigenvalue weighted by atomic mass is 10.3. The highest BCUT2D eigenvalue weighted by atomic mass is 19.1. The average molecular weight is 287 g/mol. The van der Waals surface area contributed by atoms with E-state index < -0.39 is 11.6 Å². The van der Waals surface area contributed by atoms with E-state index in [-0.39, 0.29) is 11.6 Å². The normalized spacial score (nSPS) is 10.7. The standard InChI is InChI=1S/C14H23F2N3O/c1-4-7-17-13-11(15)10-12(16)14(18-13)19(5-2)8-9-20-6-3/h10H,4-9H2,1-3H3,(H,17,18). The molecule has 114 valence electrons. The molecule has 0 aliphatic rings. The molecule has 0 spiro atoms. The van der Waals surface area contributed by atoms with Crippen molar-refractivity contribution in [2.45, 2.75) is 27.2 Å². The number of hydrogen-bond acceptors (Lipinski definition) is 4. The predicted molar refractivity (Wildman–Crippen MR) is 77.3 cm³/mol. The van der Waals surface area contributed by atoms with Crippen LogP contribution in [-0.2, 0) is 4.74 Å². The van der Waals surface area contributed by atoms with Crippen LogP contribution in [0.5, 0.6) is 0 Å². The SMILES string of the molecule is CCCNc1nc(N(CC)CCOCC)c(F)cc1F. The van der Waals surface area contributed by atoms with Gasteiger partial charge < -0.3 is 15.0 Å². The zero-order chi connectivity index (χ0) is 15.0. The first-order valence-corrected chi connectivity index (χ1v) is 7.06. The molecule has 0 bridgehead atoms. The van der Waals surface area contributed by atoms with E-state index >= 15 is 0 Å². The second kappa shape index (κ2) is 8.68. The second-order valence-corrected chi connectivity index (χ2v) is 4.33. The highest BCUT2D eigenvalue weighted by molar-refractivity contribution is 5.49. The Bertz CT molecular complexity index is 416. The first kappa shape index (κ1) is 16.6. The van der Waals surface area contributed by atoms with Crippen LogP contribution in [0.25, 0.3) is 0 Å². The van der Waals surface area contributed by atoms with Crippen LogP contribution in [-0.4, -0.2) is 37.8 Å². The van der Waals surface area contributed by atoms with Crippen LogP contribution in [0.3, 0.4) is 0 Å². The zero-order valence-corrected chi connectivity index (χ0v) is 12.4. The summed E-state index contributed by atoms with van der Waals surface area (Å²) in [6.07, 6.45) is 0.843. The summed E-state index contributed by atoms with van der Waals surface area (Å²) in [6, 6.07) is 0.879. The smallest absolute Gasteiger partial charge is 0.168 e. The van der Waals surface area contributed by atoms with Gasteiger partial charge in [-0.15, -0.1) is 0 Å². The molecular formula is C14H23F2N3O. The molecule has 0 aliphatic carbocycles. The van der Waals surface area contributed by atoms with Gasteiger partial charge >= 0.3 is 0 Å². The van der Waals surface area contributed by atoms with Gasteiger partial charge in [0.1, 0.15) is 0 Å². The molecule has 0 fully saturated rings. The van der Waals surface area contributed by atoms with Crippen molar-refractivity contribution < 1.29 is 13.5 Å². The molecule has 0 aliphatic heterocycles. The van der Waals surface area contributed by atoms with Crippen LogP contribution in [0.1, 0.15) is 27.2 Å². The lowest BCUT2D eigenvalue weighted by Gasteiger charge is -2.23. The minimum Gasteiger partial charge on any atom is -0.380 e. The number of nitrogens with zero attached hydrogens (tertiary/aromatic N) is 2. The van der Waals surface area contributed by atoms with Crippen LogP contribution >= 0.6 is 0 Å². The Balaban J connectivity index is 2.89. The van der Waals surface area contributed by atoms with Gasteiger partial charge in [-0.25, -0.2) is 13.8 Å². The van der Waals surface area contributed by atoms with Gasteiger partial charge in [0.25, 0.3) is 0 Å². The second-order valence-electron chi connectivity index (χ2n) is 4.33. The van der Waals surface area contributed by atoms with E-state index in [0.29, 0.717) is 32.8 Å². The molecule has 1 rings (SSSR count). The van der Waals surface area contributed by atoms with Crippen LogP contribution in [0.4, 0.5) is 20.4 Å². The summed E-state index contributed by atoms with van der Waals surface area (Å²) in [4.78, 5) is 5.81. The van der Waals surface area contributed by atoms with Gasteiger partial charge in [0, 0.05) is 32.3 Å².